The lowest BCUT2D eigenvalue weighted by molar-refractivity contribution is 0.122. The minimum Gasteiger partial charge on any atom is -0.378 e. The number of thiazole rings is 1. The van der Waals surface area contributed by atoms with Crippen LogP contribution in [0.2, 0.25) is 0 Å². The Kier molecular flexibility index (Phi) is 3.38. The van der Waals surface area contributed by atoms with Crippen LogP contribution in [0.5, 0.6) is 0 Å². The van der Waals surface area contributed by atoms with Crippen molar-refractivity contribution in [3.05, 3.63) is 21.1 Å². The topological polar surface area (TPSA) is 25.4 Å². The maximum atomic E-state index is 5.36. The summed E-state index contributed by atoms with van der Waals surface area (Å²) in [6.45, 7) is 3.44. The highest BCUT2D eigenvalue weighted by Crippen LogP contribution is 2.35. The lowest BCUT2D eigenvalue weighted by atomic mass is 10.3. The van der Waals surface area contributed by atoms with Gasteiger partial charge in [0.15, 0.2) is 5.13 Å². The van der Waals surface area contributed by atoms with Gasteiger partial charge in [-0.05, 0) is 28.1 Å². The van der Waals surface area contributed by atoms with Crippen molar-refractivity contribution in [3.63, 3.8) is 0 Å². The molecule has 1 aliphatic rings. The van der Waals surface area contributed by atoms with Crippen LogP contribution in [-0.4, -0.2) is 31.3 Å². The predicted molar refractivity (Wildman–Crippen MR) is 78.1 cm³/mol. The molecule has 3 nitrogen and oxygen atoms in total. The number of morpholine rings is 1. The van der Waals surface area contributed by atoms with Crippen LogP contribution in [0.15, 0.2) is 21.1 Å². The Hall–Kier alpha value is -0.170. The molecular formula is C11H10Br2N2OS. The van der Waals surface area contributed by atoms with Crippen LogP contribution in [0.25, 0.3) is 10.2 Å². The molecule has 1 aromatic carbocycles. The summed E-state index contributed by atoms with van der Waals surface area (Å²) < 4.78 is 8.68. The molecule has 2 heterocycles. The predicted octanol–water partition coefficient (Wildman–Crippen LogP) is 3.66. The molecule has 6 heteroatoms. The summed E-state index contributed by atoms with van der Waals surface area (Å²) in [4.78, 5) is 6.98. The van der Waals surface area contributed by atoms with E-state index in [-0.39, 0.29) is 0 Å². The Bertz CT molecular complexity index is 552. The molecule has 0 radical (unpaired) electrons. The number of rotatable bonds is 1. The molecule has 1 saturated heterocycles. The smallest absolute Gasteiger partial charge is 0.186 e. The number of halogens is 2. The second-order valence-electron chi connectivity index (χ2n) is 3.83. The highest BCUT2D eigenvalue weighted by molar-refractivity contribution is 9.11. The second-order valence-corrected chi connectivity index (χ2v) is 6.61. The molecule has 1 fully saturated rings. The molecule has 1 aromatic heterocycles. The van der Waals surface area contributed by atoms with Gasteiger partial charge in [-0.1, -0.05) is 27.3 Å². The van der Waals surface area contributed by atoms with Gasteiger partial charge in [-0.15, -0.1) is 0 Å². The summed E-state index contributed by atoms with van der Waals surface area (Å²) in [6, 6.07) is 4.15. The van der Waals surface area contributed by atoms with E-state index in [4.69, 9.17) is 9.72 Å². The number of nitrogens with zero attached hydrogens (tertiary/aromatic N) is 2. The number of anilines is 1. The summed E-state index contributed by atoms with van der Waals surface area (Å²) in [7, 11) is 0. The molecule has 2 aromatic rings. The van der Waals surface area contributed by atoms with Crippen molar-refractivity contribution in [3.8, 4) is 0 Å². The molecule has 0 amide bonds. The summed E-state index contributed by atoms with van der Waals surface area (Å²) in [6.07, 6.45) is 0. The third kappa shape index (κ3) is 2.36. The molecule has 17 heavy (non-hydrogen) atoms. The van der Waals surface area contributed by atoms with Crippen LogP contribution in [0, 0.1) is 0 Å². The zero-order valence-corrected chi connectivity index (χ0v) is 12.9. The first-order valence-electron chi connectivity index (χ1n) is 5.32. The molecule has 0 bridgehead atoms. The van der Waals surface area contributed by atoms with Gasteiger partial charge in [-0.25, -0.2) is 4.98 Å². The second kappa shape index (κ2) is 4.84. The Morgan fingerprint density at radius 1 is 1.24 bits per heavy atom. The molecule has 0 aliphatic carbocycles. The lowest BCUT2D eigenvalue weighted by Crippen LogP contribution is -2.36. The minimum absolute atomic E-state index is 0.792. The summed E-state index contributed by atoms with van der Waals surface area (Å²) in [5.41, 5.74) is 1.04. The fraction of sp³-hybridized carbons (Fsp3) is 0.364. The quantitative estimate of drug-likeness (QED) is 0.758. The summed E-state index contributed by atoms with van der Waals surface area (Å²) in [5, 5.41) is 1.09. The number of ether oxygens (including phenoxy) is 1. The minimum atomic E-state index is 0.792. The molecular weight excluding hydrogens is 368 g/mol. The first-order chi connectivity index (χ1) is 8.24. The van der Waals surface area contributed by atoms with Crippen LogP contribution in [0.3, 0.4) is 0 Å². The van der Waals surface area contributed by atoms with E-state index < -0.39 is 0 Å². The van der Waals surface area contributed by atoms with Gasteiger partial charge in [0.1, 0.15) is 0 Å². The zero-order valence-electron chi connectivity index (χ0n) is 8.95. The number of aromatic nitrogens is 1. The average Bonchev–Trinajstić information content (AvgIpc) is 2.74. The third-order valence-electron chi connectivity index (χ3n) is 2.68. The van der Waals surface area contributed by atoms with Crippen LogP contribution in [-0.2, 0) is 4.74 Å². The molecule has 0 spiro atoms. The third-order valence-corrected chi connectivity index (χ3v) is 4.81. The van der Waals surface area contributed by atoms with Gasteiger partial charge < -0.3 is 9.64 Å². The first kappa shape index (κ1) is 11.9. The van der Waals surface area contributed by atoms with Crippen molar-refractivity contribution in [2.45, 2.75) is 0 Å². The van der Waals surface area contributed by atoms with Gasteiger partial charge in [0, 0.05) is 22.0 Å². The number of benzene rings is 1. The Morgan fingerprint density at radius 3 is 2.76 bits per heavy atom. The van der Waals surface area contributed by atoms with Gasteiger partial charge in [0.05, 0.1) is 23.4 Å². The molecule has 3 rings (SSSR count). The van der Waals surface area contributed by atoms with Crippen LogP contribution in [0.4, 0.5) is 5.13 Å². The number of hydrogen-bond acceptors (Lipinski definition) is 4. The number of fused-ring (bicyclic) bond motifs is 1. The van der Waals surface area contributed by atoms with Gasteiger partial charge in [-0.2, -0.15) is 0 Å². The number of hydrogen-bond donors (Lipinski definition) is 0. The highest BCUT2D eigenvalue weighted by Gasteiger charge is 2.16. The van der Waals surface area contributed by atoms with Crippen LogP contribution < -0.4 is 4.90 Å². The van der Waals surface area contributed by atoms with Crippen LogP contribution in [0.1, 0.15) is 0 Å². The van der Waals surface area contributed by atoms with E-state index >= 15 is 0 Å². The van der Waals surface area contributed by atoms with Crippen LogP contribution >= 0.6 is 43.2 Å². The van der Waals surface area contributed by atoms with Crippen molar-refractivity contribution in [1.82, 2.24) is 4.98 Å². The molecule has 0 saturated carbocycles. The van der Waals surface area contributed by atoms with Gasteiger partial charge in [0.25, 0.3) is 0 Å². The van der Waals surface area contributed by atoms with E-state index in [0.29, 0.717) is 0 Å². The lowest BCUT2D eigenvalue weighted by Gasteiger charge is -2.25. The van der Waals surface area contributed by atoms with E-state index in [1.54, 1.807) is 11.3 Å². The molecule has 0 atom stereocenters. The van der Waals surface area contributed by atoms with Gasteiger partial charge in [-0.3, -0.25) is 0 Å². The summed E-state index contributed by atoms with van der Waals surface area (Å²) >= 11 is 8.79. The molecule has 1 aliphatic heterocycles. The van der Waals surface area contributed by atoms with Crippen molar-refractivity contribution >= 4 is 58.5 Å². The van der Waals surface area contributed by atoms with E-state index in [9.17, 15) is 0 Å². The average molecular weight is 378 g/mol. The normalized spacial score (nSPS) is 16.7. The monoisotopic (exact) mass is 376 g/mol. The Balaban J connectivity index is 2.03. The van der Waals surface area contributed by atoms with Crippen molar-refractivity contribution in [2.75, 3.05) is 31.2 Å². The molecule has 90 valence electrons. The zero-order chi connectivity index (χ0) is 11.8. The first-order valence-corrected chi connectivity index (χ1v) is 7.72. The van der Waals surface area contributed by atoms with E-state index in [1.165, 1.54) is 4.70 Å². The van der Waals surface area contributed by atoms with Gasteiger partial charge >= 0.3 is 0 Å². The Labute approximate surface area is 120 Å². The fourth-order valence-corrected chi connectivity index (χ4v) is 4.52. The Morgan fingerprint density at radius 2 is 2.00 bits per heavy atom. The van der Waals surface area contributed by atoms with Crippen molar-refractivity contribution in [1.29, 1.82) is 0 Å². The molecule has 0 N–H and O–H groups in total. The van der Waals surface area contributed by atoms with E-state index in [1.807, 2.05) is 6.07 Å². The van der Waals surface area contributed by atoms with Crippen molar-refractivity contribution in [2.24, 2.45) is 0 Å². The summed E-state index contributed by atoms with van der Waals surface area (Å²) in [5.74, 6) is 0. The van der Waals surface area contributed by atoms with Crippen molar-refractivity contribution < 1.29 is 4.74 Å². The maximum Gasteiger partial charge on any atom is 0.186 e. The fourth-order valence-electron chi connectivity index (χ4n) is 1.84. The largest absolute Gasteiger partial charge is 0.378 e. The maximum absolute atomic E-state index is 5.36. The van der Waals surface area contributed by atoms with E-state index in [2.05, 4.69) is 42.8 Å². The van der Waals surface area contributed by atoms with Gasteiger partial charge in [0.2, 0.25) is 0 Å². The SMILES string of the molecule is Brc1cc(Br)c2nc(N3CCOCC3)sc2c1. The van der Waals surface area contributed by atoms with E-state index in [0.717, 1.165) is 45.9 Å². The molecule has 0 unspecified atom stereocenters. The highest BCUT2D eigenvalue weighted by atomic mass is 79.9. The standard InChI is InChI=1S/C11H10Br2N2OS/c12-7-5-8(13)10-9(6-7)17-11(14-10)15-1-3-16-4-2-15/h5-6H,1-4H2.